The van der Waals surface area contributed by atoms with Gasteiger partial charge >= 0.3 is 5.97 Å². The monoisotopic (exact) mass is 277 g/mol. The van der Waals surface area contributed by atoms with E-state index >= 15 is 0 Å². The second-order valence-corrected chi connectivity index (χ2v) is 5.02. The van der Waals surface area contributed by atoms with Gasteiger partial charge in [-0.1, -0.05) is 0 Å². The average Bonchev–Trinajstić information content (AvgIpc) is 2.37. The van der Waals surface area contributed by atoms with Crippen LogP contribution in [0.3, 0.4) is 0 Å². The number of carbonyl (C=O) groups is 2. The fourth-order valence-electron chi connectivity index (χ4n) is 2.66. The fourth-order valence-corrected chi connectivity index (χ4v) is 2.66. The molecule has 1 aromatic rings. The van der Waals surface area contributed by atoms with E-state index in [0.29, 0.717) is 19.6 Å². The first-order chi connectivity index (χ1) is 9.51. The third-order valence-electron chi connectivity index (χ3n) is 3.45. The maximum absolute atomic E-state index is 11.8. The highest BCUT2D eigenvalue weighted by Gasteiger charge is 2.28. The molecule has 108 valence electrons. The van der Waals surface area contributed by atoms with E-state index < -0.39 is 5.97 Å². The summed E-state index contributed by atoms with van der Waals surface area (Å²) in [5.41, 5.74) is 1.84. The quantitative estimate of drug-likeness (QED) is 0.915. The fraction of sp³-hybridized carbons (Fsp3) is 0.467. The number of rotatable bonds is 4. The molecule has 0 saturated heterocycles. The number of hydrogen-bond donors (Lipinski definition) is 1. The lowest BCUT2D eigenvalue weighted by Gasteiger charge is -2.33. The molecule has 0 aromatic heterocycles. The van der Waals surface area contributed by atoms with Crippen LogP contribution in [0.1, 0.15) is 25.8 Å². The van der Waals surface area contributed by atoms with E-state index in [1.54, 1.807) is 4.90 Å². The number of aliphatic carboxylic acids is 1. The van der Waals surface area contributed by atoms with Gasteiger partial charge in [-0.05, 0) is 43.0 Å². The maximum Gasteiger partial charge on any atom is 0.303 e. The highest BCUT2D eigenvalue weighted by molar-refractivity contribution is 5.93. The van der Waals surface area contributed by atoms with E-state index in [1.807, 2.05) is 25.1 Å². The Kier molecular flexibility index (Phi) is 4.27. The van der Waals surface area contributed by atoms with Gasteiger partial charge in [-0.3, -0.25) is 9.59 Å². The van der Waals surface area contributed by atoms with Gasteiger partial charge in [0.1, 0.15) is 5.75 Å². The Labute approximate surface area is 118 Å². The van der Waals surface area contributed by atoms with Crippen molar-refractivity contribution >= 4 is 17.6 Å². The van der Waals surface area contributed by atoms with Crippen LogP contribution in [0.5, 0.6) is 5.75 Å². The summed E-state index contributed by atoms with van der Waals surface area (Å²) in [6.45, 7) is 4.45. The molecule has 0 radical (unpaired) electrons. The van der Waals surface area contributed by atoms with Crippen molar-refractivity contribution in [2.45, 2.75) is 26.7 Å². The zero-order valence-electron chi connectivity index (χ0n) is 11.8. The molecule has 5 nitrogen and oxygen atoms in total. The Morgan fingerprint density at radius 3 is 2.80 bits per heavy atom. The van der Waals surface area contributed by atoms with Crippen LogP contribution in [0, 0.1) is 5.92 Å². The summed E-state index contributed by atoms with van der Waals surface area (Å²) in [5.74, 6) is -0.195. The molecule has 1 atom stereocenters. The van der Waals surface area contributed by atoms with Crippen LogP contribution in [-0.2, 0) is 16.0 Å². The normalized spacial score (nSPS) is 17.5. The smallest absolute Gasteiger partial charge is 0.303 e. The number of ether oxygens (including phenoxy) is 1. The third kappa shape index (κ3) is 3.10. The largest absolute Gasteiger partial charge is 0.494 e. The Morgan fingerprint density at radius 2 is 2.20 bits per heavy atom. The molecule has 1 heterocycles. The molecule has 1 amide bonds. The maximum atomic E-state index is 11.8. The molecule has 0 fully saturated rings. The van der Waals surface area contributed by atoms with E-state index in [4.69, 9.17) is 9.84 Å². The van der Waals surface area contributed by atoms with Gasteiger partial charge in [-0.25, -0.2) is 0 Å². The predicted octanol–water partition coefficient (Wildman–Crippen LogP) is 2.09. The number of nitrogens with zero attached hydrogens (tertiary/aromatic N) is 1. The highest BCUT2D eigenvalue weighted by Crippen LogP contribution is 2.33. The summed E-state index contributed by atoms with van der Waals surface area (Å²) in [7, 11) is 0. The van der Waals surface area contributed by atoms with Crippen LogP contribution in [0.2, 0.25) is 0 Å². The highest BCUT2D eigenvalue weighted by atomic mass is 16.5. The zero-order valence-corrected chi connectivity index (χ0v) is 11.8. The number of anilines is 1. The van der Waals surface area contributed by atoms with Gasteiger partial charge < -0.3 is 14.7 Å². The minimum atomic E-state index is -0.831. The van der Waals surface area contributed by atoms with Crippen LogP contribution in [-0.4, -0.2) is 30.1 Å². The summed E-state index contributed by atoms with van der Waals surface area (Å²) in [6.07, 6.45) is 0.731. The molecule has 1 aromatic carbocycles. The Morgan fingerprint density at radius 1 is 1.45 bits per heavy atom. The number of amides is 1. The van der Waals surface area contributed by atoms with Crippen molar-refractivity contribution in [3.63, 3.8) is 0 Å². The molecule has 0 spiro atoms. The predicted molar refractivity (Wildman–Crippen MR) is 75.1 cm³/mol. The summed E-state index contributed by atoms with van der Waals surface area (Å²) >= 11 is 0. The number of fused-ring (bicyclic) bond motifs is 1. The van der Waals surface area contributed by atoms with Crippen LogP contribution in [0.4, 0.5) is 5.69 Å². The lowest BCUT2D eigenvalue weighted by Crippen LogP contribution is -2.39. The first-order valence-electron chi connectivity index (χ1n) is 6.77. The summed E-state index contributed by atoms with van der Waals surface area (Å²) in [5, 5.41) is 8.95. The number of benzene rings is 1. The molecule has 0 aliphatic carbocycles. The molecular formula is C15H19NO4. The van der Waals surface area contributed by atoms with Crippen molar-refractivity contribution in [1.82, 2.24) is 0 Å². The van der Waals surface area contributed by atoms with Crippen molar-refractivity contribution < 1.29 is 19.4 Å². The molecule has 0 saturated carbocycles. The first kappa shape index (κ1) is 14.4. The summed E-state index contributed by atoms with van der Waals surface area (Å²) in [4.78, 5) is 24.3. The SMILES string of the molecule is CCOc1ccc2c(c1)CC(CC(=O)O)CN2C(C)=O. The molecule has 0 bridgehead atoms. The van der Waals surface area contributed by atoms with E-state index in [9.17, 15) is 9.59 Å². The molecule has 2 rings (SSSR count). The van der Waals surface area contributed by atoms with Crippen LogP contribution in [0.25, 0.3) is 0 Å². The lowest BCUT2D eigenvalue weighted by molar-refractivity contribution is -0.138. The van der Waals surface area contributed by atoms with Crippen molar-refractivity contribution in [3.8, 4) is 5.75 Å². The van der Waals surface area contributed by atoms with E-state index in [1.165, 1.54) is 6.92 Å². The molecule has 20 heavy (non-hydrogen) atoms. The number of carboxylic acid groups (broad SMARTS) is 1. The number of hydrogen-bond acceptors (Lipinski definition) is 3. The van der Waals surface area contributed by atoms with E-state index in [-0.39, 0.29) is 18.2 Å². The third-order valence-corrected chi connectivity index (χ3v) is 3.45. The second-order valence-electron chi connectivity index (χ2n) is 5.02. The van der Waals surface area contributed by atoms with Gasteiger partial charge in [-0.2, -0.15) is 0 Å². The standard InChI is InChI=1S/C15H19NO4/c1-3-20-13-4-5-14-12(8-13)6-11(7-15(18)19)9-16(14)10(2)17/h4-5,8,11H,3,6-7,9H2,1-2H3,(H,18,19). The van der Waals surface area contributed by atoms with Crippen molar-refractivity contribution in [3.05, 3.63) is 23.8 Å². The van der Waals surface area contributed by atoms with Gasteiger partial charge in [0.05, 0.1) is 13.0 Å². The molecule has 5 heteroatoms. The van der Waals surface area contributed by atoms with Crippen molar-refractivity contribution in [2.75, 3.05) is 18.1 Å². The van der Waals surface area contributed by atoms with Gasteiger partial charge in [0, 0.05) is 19.2 Å². The molecule has 1 aliphatic rings. The number of carboxylic acids is 1. The van der Waals surface area contributed by atoms with Crippen LogP contribution < -0.4 is 9.64 Å². The number of carbonyl (C=O) groups excluding carboxylic acids is 1. The van der Waals surface area contributed by atoms with Crippen molar-refractivity contribution in [2.24, 2.45) is 5.92 Å². The molecular weight excluding hydrogens is 258 g/mol. The Hall–Kier alpha value is -2.04. The van der Waals surface area contributed by atoms with Gasteiger partial charge in [-0.15, -0.1) is 0 Å². The van der Waals surface area contributed by atoms with E-state index in [0.717, 1.165) is 17.0 Å². The lowest BCUT2D eigenvalue weighted by atomic mass is 9.90. The molecule has 1 aliphatic heterocycles. The molecule has 1 unspecified atom stereocenters. The summed E-state index contributed by atoms with van der Waals surface area (Å²) < 4.78 is 5.46. The van der Waals surface area contributed by atoms with Crippen LogP contribution >= 0.6 is 0 Å². The topological polar surface area (TPSA) is 66.8 Å². The van der Waals surface area contributed by atoms with Gasteiger partial charge in [0.25, 0.3) is 0 Å². The molecule has 1 N–H and O–H groups in total. The minimum absolute atomic E-state index is 0.0548. The zero-order chi connectivity index (χ0) is 14.7. The first-order valence-corrected chi connectivity index (χ1v) is 6.77. The summed E-state index contributed by atoms with van der Waals surface area (Å²) in [6, 6.07) is 5.62. The van der Waals surface area contributed by atoms with Crippen molar-refractivity contribution in [1.29, 1.82) is 0 Å². The van der Waals surface area contributed by atoms with E-state index in [2.05, 4.69) is 0 Å². The Balaban J connectivity index is 2.32. The van der Waals surface area contributed by atoms with Gasteiger partial charge in [0.15, 0.2) is 0 Å². The Bertz CT molecular complexity index is 527. The second kappa shape index (κ2) is 5.94. The average molecular weight is 277 g/mol. The minimum Gasteiger partial charge on any atom is -0.494 e. The van der Waals surface area contributed by atoms with Crippen LogP contribution in [0.15, 0.2) is 18.2 Å². The van der Waals surface area contributed by atoms with Gasteiger partial charge in [0.2, 0.25) is 5.91 Å².